The van der Waals surface area contributed by atoms with Crippen molar-refractivity contribution in [2.75, 3.05) is 69.5 Å². The van der Waals surface area contributed by atoms with E-state index in [0.29, 0.717) is 73.8 Å². The molecular formula is C106H115B3N10O22S. The van der Waals surface area contributed by atoms with Crippen LogP contribution in [0, 0.1) is 40.5 Å². The van der Waals surface area contributed by atoms with Crippen molar-refractivity contribution >= 4 is 91.6 Å². The molecule has 0 aliphatic carbocycles. The second-order valence-electron chi connectivity index (χ2n) is 34.1. The number of Topliss-reactive ketones (excluding diaryl/α,β-unsaturated/α-hetero) is 1. The summed E-state index contributed by atoms with van der Waals surface area (Å²) >= 11 is 4.05. The summed E-state index contributed by atoms with van der Waals surface area (Å²) in [6.07, 6.45) is 2.58. The Labute approximate surface area is 833 Å². The molecule has 0 aromatic heterocycles. The number of amides is 4. The molecule has 1 unspecified atom stereocenters. The van der Waals surface area contributed by atoms with Crippen molar-refractivity contribution in [3.05, 3.63) is 398 Å². The zero-order chi connectivity index (χ0) is 103. The molecule has 16 rings (SSSR count). The maximum atomic E-state index is 12.0. The lowest BCUT2D eigenvalue weighted by molar-refractivity contribution is -0.385. The van der Waals surface area contributed by atoms with Crippen LogP contribution in [0.5, 0.6) is 46.0 Å². The van der Waals surface area contributed by atoms with Gasteiger partial charge in [0.2, 0.25) is 23.0 Å². The predicted molar refractivity (Wildman–Crippen MR) is 551 cm³/mol. The molecule has 4 aliphatic rings. The number of fused-ring (bicyclic) bond motifs is 2. The number of aliphatic hydroxyl groups is 3. The highest BCUT2D eigenvalue weighted by molar-refractivity contribution is 7.81. The molecule has 4 fully saturated rings. The predicted octanol–water partition coefficient (Wildman–Crippen LogP) is 20.6. The van der Waals surface area contributed by atoms with Crippen LogP contribution in [0.4, 0.5) is 22.7 Å². The van der Waals surface area contributed by atoms with Crippen molar-refractivity contribution in [3.63, 3.8) is 0 Å². The van der Waals surface area contributed by atoms with E-state index >= 15 is 0 Å². The standard InChI is InChI=1S/2C18H20BNO.3C17H18N2O5.C17H16N2O5.CHBS.CH4/c2*1-19-20-14-8-13-17(20)18(21-19,15-9-4-2-5-10-15)16-11-6-3-7-12-16;4*1-11(20)12-7-8-15(19(22)23)16(10-12)24-14-6-4-5-13(9-14)17(21)18(2)3;2-1-3;/h2*2-7,9-12,17H,8,13-14H2,1H3;3*4-11,20H,1-3H3;4-10H,1-3H3;1H;1H4/t2*17-;2*11-;;;;/m1010..../s1. The molecule has 32 nitrogen and oxygen atoms in total. The van der Waals surface area contributed by atoms with Gasteiger partial charge in [-0.25, -0.2) is 0 Å². The summed E-state index contributed by atoms with van der Waals surface area (Å²) < 4.78 is 35.6. The molecule has 4 aliphatic heterocycles. The fourth-order valence-corrected chi connectivity index (χ4v) is 16.6. The first-order valence-corrected chi connectivity index (χ1v) is 45.6. The summed E-state index contributed by atoms with van der Waals surface area (Å²) in [6, 6.07) is 85.7. The third kappa shape index (κ3) is 27.8. The Morgan fingerprint density at radius 3 is 0.838 bits per heavy atom. The molecule has 2 radical (unpaired) electrons. The number of ether oxygens (including phenoxy) is 4. The largest absolute Gasteiger partial charge is 0.450 e. The van der Waals surface area contributed by atoms with E-state index in [4.69, 9.17) is 28.3 Å². The van der Waals surface area contributed by atoms with Gasteiger partial charge in [-0.3, -0.25) is 64.4 Å². The fourth-order valence-electron chi connectivity index (χ4n) is 16.6. The number of aliphatic hydroxyl groups excluding tert-OH is 3. The molecule has 0 bridgehead atoms. The normalized spacial score (nSPS) is 14.9. The number of nitrogens with zero attached hydrogens (tertiary/aromatic N) is 10. The number of thiocarbonyl (C=S) groups is 1. The smallest absolute Gasteiger partial charge is 0.380 e. The third-order valence-electron chi connectivity index (χ3n) is 23.4. The van der Waals surface area contributed by atoms with Crippen LogP contribution in [0.2, 0.25) is 13.6 Å². The molecule has 4 heterocycles. The van der Waals surface area contributed by atoms with E-state index in [1.165, 1.54) is 172 Å². The van der Waals surface area contributed by atoms with E-state index in [-0.39, 0.29) is 114 Å². The summed E-state index contributed by atoms with van der Waals surface area (Å²) in [7, 11) is 17.9. The van der Waals surface area contributed by atoms with E-state index in [1.807, 2.05) is 0 Å². The lowest BCUT2D eigenvalue weighted by Crippen LogP contribution is -2.41. The molecule has 0 spiro atoms. The summed E-state index contributed by atoms with van der Waals surface area (Å²) in [5, 5.41) is 74.6. The van der Waals surface area contributed by atoms with Gasteiger partial charge in [0.05, 0.1) is 38.0 Å². The lowest BCUT2D eigenvalue weighted by Gasteiger charge is -2.36. The maximum absolute atomic E-state index is 12.0. The lowest BCUT2D eigenvalue weighted by atomic mass is 9.79. The van der Waals surface area contributed by atoms with Gasteiger partial charge in [0, 0.05) is 121 Å². The number of nitro benzene ring substituents is 4. The number of nitro groups is 4. The molecule has 4 amide bonds. The van der Waals surface area contributed by atoms with Crippen LogP contribution < -0.4 is 18.9 Å². The van der Waals surface area contributed by atoms with Crippen molar-refractivity contribution in [2.45, 2.75) is 116 Å². The van der Waals surface area contributed by atoms with Gasteiger partial charge in [-0.05, 0) is 240 Å². The van der Waals surface area contributed by atoms with Crippen molar-refractivity contribution in [1.82, 2.24) is 29.2 Å². The number of hydrogen-bond acceptors (Lipinski definition) is 25. The highest BCUT2D eigenvalue weighted by atomic mass is 32.1. The van der Waals surface area contributed by atoms with Crippen LogP contribution in [-0.2, 0) is 20.5 Å². The second-order valence-corrected chi connectivity index (χ2v) is 34.4. The average molecular weight is 1950 g/mol. The minimum atomic E-state index is -0.783. The van der Waals surface area contributed by atoms with E-state index < -0.39 is 38.0 Å². The topological polar surface area (TPSA) is 393 Å². The number of rotatable bonds is 24. The average Bonchev–Trinajstić information content (AvgIpc) is 1.57. The van der Waals surface area contributed by atoms with Crippen LogP contribution in [0.25, 0.3) is 0 Å². The van der Waals surface area contributed by atoms with Gasteiger partial charge in [-0.15, -0.1) is 12.2 Å². The molecule has 0 saturated carbocycles. The first kappa shape index (κ1) is 111. The molecule has 36 heteroatoms. The molecular weight excluding hydrogens is 1830 g/mol. The minimum absolute atomic E-state index is 0. The van der Waals surface area contributed by atoms with Crippen LogP contribution >= 0.6 is 12.2 Å². The Kier molecular flexibility index (Phi) is 39.9. The Hall–Kier alpha value is -15.0. The van der Waals surface area contributed by atoms with E-state index in [1.54, 1.807) is 150 Å². The van der Waals surface area contributed by atoms with Crippen LogP contribution in [0.3, 0.4) is 0 Å². The van der Waals surface area contributed by atoms with Crippen molar-refractivity contribution in [3.8, 4) is 46.0 Å². The van der Waals surface area contributed by atoms with E-state index in [9.17, 15) is 79.7 Å². The molecule has 12 aromatic rings. The molecule has 5 atom stereocenters. The number of hydrogen-bond donors (Lipinski definition) is 3. The quantitative estimate of drug-likeness (QED) is 0.0166. The van der Waals surface area contributed by atoms with Gasteiger partial charge in [-0.2, -0.15) is 0 Å². The molecule has 4 saturated heterocycles. The SMILES string of the molecule is C.CB1OC(c2ccccc2)(c2ccccc2)[C@@H]2CCCN12.CB1OC(c2ccccc2)(c2ccccc2)[C@H]2CCCN12.CC(=O)c1ccc([N+](=O)[O-])c(Oc2cccc(C(=O)N(C)C)c2)c1.CC(O)c1ccc([N+](=O)[O-])c(Oc2cccc(C(=O)N(C)C)c2)c1.C[C@@H](O)c1ccc([N+](=O)[O-])c(Oc2cccc(C(=O)N(C)C)c2)c1.C[C@H](O)c1ccc([N+](=O)[O-])c(Oc2cccc(C(=O)N(C)C)c2)c1.[B]C=S. The van der Waals surface area contributed by atoms with E-state index in [0.717, 1.165) is 18.4 Å². The van der Waals surface area contributed by atoms with E-state index in [2.05, 4.69) is 165 Å². The highest BCUT2D eigenvalue weighted by Crippen LogP contribution is 2.51. The Balaban J connectivity index is 0.000000189. The van der Waals surface area contributed by atoms with Gasteiger partial charge in [0.1, 0.15) is 42.0 Å². The fraction of sp³-hybridized carbons (Fsp3) is 0.264. The van der Waals surface area contributed by atoms with Gasteiger partial charge in [-0.1, -0.05) is 158 Å². The summed E-state index contributed by atoms with van der Waals surface area (Å²) in [6.45, 7) is 12.7. The molecule has 142 heavy (non-hydrogen) atoms. The monoisotopic (exact) mass is 1940 g/mol. The Bertz CT molecular complexity index is 5890. The van der Waals surface area contributed by atoms with Crippen molar-refractivity contribution in [2.24, 2.45) is 0 Å². The zero-order valence-corrected chi connectivity index (χ0v) is 81.4. The number of benzene rings is 12. The molecule has 736 valence electrons. The summed E-state index contributed by atoms with van der Waals surface area (Å²) in [4.78, 5) is 113. The van der Waals surface area contributed by atoms with Gasteiger partial charge in [0.25, 0.3) is 23.6 Å². The third-order valence-corrected chi connectivity index (χ3v) is 23.4. The maximum Gasteiger partial charge on any atom is 0.380 e. The number of carbonyl (C=O) groups is 5. The zero-order valence-electron chi connectivity index (χ0n) is 80.6. The Morgan fingerprint density at radius 2 is 0.620 bits per heavy atom. The number of ketones is 1. The number of carbonyl (C=O) groups excluding carboxylic acids is 5. The van der Waals surface area contributed by atoms with Gasteiger partial charge < -0.3 is 72.8 Å². The van der Waals surface area contributed by atoms with Crippen molar-refractivity contribution in [1.29, 1.82) is 0 Å². The second kappa shape index (κ2) is 51.2. The van der Waals surface area contributed by atoms with Crippen LogP contribution in [-0.4, -0.2) is 202 Å². The summed E-state index contributed by atoms with van der Waals surface area (Å²) in [5.41, 5.74) is 6.95. The molecule has 3 N–H and O–H groups in total. The van der Waals surface area contributed by atoms with Crippen LogP contribution in [0.1, 0.15) is 170 Å². The van der Waals surface area contributed by atoms with Crippen LogP contribution in [0.15, 0.2) is 291 Å². The molecule has 12 aromatic carbocycles. The Morgan fingerprint density at radius 1 is 0.387 bits per heavy atom. The first-order valence-electron chi connectivity index (χ1n) is 45.1. The van der Waals surface area contributed by atoms with Gasteiger partial charge in [0.15, 0.2) is 5.78 Å². The first-order chi connectivity index (χ1) is 67.2. The summed E-state index contributed by atoms with van der Waals surface area (Å²) in [5.74, 6) is 0.0876. The highest BCUT2D eigenvalue weighted by Gasteiger charge is 2.58. The minimum Gasteiger partial charge on any atom is -0.450 e. The van der Waals surface area contributed by atoms with Crippen molar-refractivity contribution < 1.29 is 87.2 Å². The van der Waals surface area contributed by atoms with Gasteiger partial charge >= 0.3 is 36.9 Å².